The summed E-state index contributed by atoms with van der Waals surface area (Å²) >= 11 is 0. The molecule has 19 heavy (non-hydrogen) atoms. The van der Waals surface area contributed by atoms with E-state index >= 15 is 0 Å². The molecule has 0 rings (SSSR count). The minimum atomic E-state index is 0.898. The van der Waals surface area contributed by atoms with E-state index in [2.05, 4.69) is 48.5 Å². The molecule has 0 fully saturated rings. The van der Waals surface area contributed by atoms with Crippen molar-refractivity contribution >= 4 is 0 Å². The molecule has 0 aliphatic heterocycles. The van der Waals surface area contributed by atoms with Gasteiger partial charge in [-0.3, -0.25) is 0 Å². The smallest absolute Gasteiger partial charge is 0.0471 e. The molecule has 0 aromatic rings. The molecular weight excluding hydrogens is 228 g/mol. The standard InChI is InChI=1S/C7H16.2C6H14/c1-3-5-7-6-4-2;1-4-5-6(2)3;1-3-5-6-4-2/h3-7H2,1-2H3;6H,4-5H2,1-3H3;3-6H2,1-2H3. The molecule has 0 amide bonds. The first-order valence-corrected chi connectivity index (χ1v) is 9.10. The zero-order chi connectivity index (χ0) is 15.4. The van der Waals surface area contributed by atoms with Crippen LogP contribution in [0.25, 0.3) is 0 Å². The van der Waals surface area contributed by atoms with Gasteiger partial charge in [-0.15, -0.1) is 0 Å². The van der Waals surface area contributed by atoms with Gasteiger partial charge in [-0.25, -0.2) is 0 Å². The molecule has 0 N–H and O–H groups in total. The lowest BCUT2D eigenvalue weighted by Crippen LogP contribution is -1.81. The molecule has 0 heterocycles. The van der Waals surface area contributed by atoms with E-state index in [0.717, 1.165) is 5.92 Å². The second-order valence-electron chi connectivity index (χ2n) is 5.95. The number of unbranched alkanes of at least 4 members (excludes halogenated alkanes) is 7. The minimum Gasteiger partial charge on any atom is -0.0654 e. The fourth-order valence-electron chi connectivity index (χ4n) is 1.75. The zero-order valence-electron chi connectivity index (χ0n) is 15.4. The van der Waals surface area contributed by atoms with E-state index < -0.39 is 0 Å². The van der Waals surface area contributed by atoms with Crippen LogP contribution in [0, 0.1) is 5.92 Å². The molecule has 0 saturated heterocycles. The Morgan fingerprint density at radius 1 is 0.474 bits per heavy atom. The third kappa shape index (κ3) is 46.1. The number of hydrogen-bond acceptors (Lipinski definition) is 0. The summed E-state index contributed by atoms with van der Waals surface area (Å²) in [5.41, 5.74) is 0. The van der Waals surface area contributed by atoms with Crippen molar-refractivity contribution in [3.63, 3.8) is 0 Å². The van der Waals surface area contributed by atoms with Gasteiger partial charge in [-0.05, 0) is 5.92 Å². The summed E-state index contributed by atoms with van der Waals surface area (Å²) < 4.78 is 0. The lowest BCUT2D eigenvalue weighted by molar-refractivity contribution is 0.576. The Labute approximate surface area is 125 Å². The Hall–Kier alpha value is 0. The highest BCUT2D eigenvalue weighted by atomic mass is 13.9. The fourth-order valence-corrected chi connectivity index (χ4v) is 1.75. The van der Waals surface area contributed by atoms with Crippen LogP contribution in [0.5, 0.6) is 0 Å². The van der Waals surface area contributed by atoms with Gasteiger partial charge in [-0.1, -0.05) is 119 Å². The molecule has 0 saturated carbocycles. The van der Waals surface area contributed by atoms with Crippen molar-refractivity contribution in [2.45, 2.75) is 119 Å². The summed E-state index contributed by atoms with van der Waals surface area (Å²) in [6, 6.07) is 0. The van der Waals surface area contributed by atoms with E-state index in [0.29, 0.717) is 0 Å². The summed E-state index contributed by atoms with van der Waals surface area (Å²) in [7, 11) is 0. The maximum absolute atomic E-state index is 2.25. The molecule has 0 radical (unpaired) electrons. The average molecular weight is 273 g/mol. The van der Waals surface area contributed by atoms with E-state index in [1.54, 1.807) is 0 Å². The van der Waals surface area contributed by atoms with Gasteiger partial charge in [-0.2, -0.15) is 0 Å². The van der Waals surface area contributed by atoms with Gasteiger partial charge in [0.15, 0.2) is 0 Å². The molecule has 0 bridgehead atoms. The lowest BCUT2D eigenvalue weighted by Gasteiger charge is -1.95. The quantitative estimate of drug-likeness (QED) is 0.373. The second-order valence-corrected chi connectivity index (χ2v) is 5.95. The van der Waals surface area contributed by atoms with E-state index in [1.807, 2.05) is 0 Å². The maximum atomic E-state index is 2.25. The molecule has 0 aliphatic carbocycles. The molecule has 120 valence electrons. The summed E-state index contributed by atoms with van der Waals surface area (Å²) in [4.78, 5) is 0. The Morgan fingerprint density at radius 2 is 0.789 bits per heavy atom. The molecule has 0 unspecified atom stereocenters. The van der Waals surface area contributed by atoms with Crippen molar-refractivity contribution in [3.05, 3.63) is 0 Å². The Balaban J connectivity index is -0.000000203. The van der Waals surface area contributed by atoms with Crippen LogP contribution in [0.2, 0.25) is 0 Å². The van der Waals surface area contributed by atoms with Crippen molar-refractivity contribution in [3.8, 4) is 0 Å². The van der Waals surface area contributed by atoms with Gasteiger partial charge in [0, 0.05) is 0 Å². The summed E-state index contributed by atoms with van der Waals surface area (Å²) in [5, 5.41) is 0. The van der Waals surface area contributed by atoms with Crippen LogP contribution in [-0.2, 0) is 0 Å². The highest BCUT2D eigenvalue weighted by Gasteiger charge is 1.85. The van der Waals surface area contributed by atoms with Crippen LogP contribution in [0.1, 0.15) is 119 Å². The second kappa shape index (κ2) is 26.5. The van der Waals surface area contributed by atoms with Crippen molar-refractivity contribution in [1.82, 2.24) is 0 Å². The highest BCUT2D eigenvalue weighted by molar-refractivity contribution is 4.38. The van der Waals surface area contributed by atoms with Gasteiger partial charge in [0.2, 0.25) is 0 Å². The van der Waals surface area contributed by atoms with Crippen LogP contribution in [0.15, 0.2) is 0 Å². The van der Waals surface area contributed by atoms with E-state index in [1.165, 1.54) is 70.6 Å². The molecule has 0 aromatic heterocycles. The first-order chi connectivity index (χ1) is 9.10. The number of hydrogen-bond donors (Lipinski definition) is 0. The van der Waals surface area contributed by atoms with Gasteiger partial charge in [0.1, 0.15) is 0 Å². The summed E-state index contributed by atoms with van der Waals surface area (Å²) in [6.45, 7) is 15.7. The molecule has 0 heteroatoms. The zero-order valence-corrected chi connectivity index (χ0v) is 15.4. The van der Waals surface area contributed by atoms with Crippen molar-refractivity contribution < 1.29 is 0 Å². The number of rotatable bonds is 9. The lowest BCUT2D eigenvalue weighted by atomic mass is 10.1. The van der Waals surface area contributed by atoms with E-state index in [9.17, 15) is 0 Å². The van der Waals surface area contributed by atoms with Crippen LogP contribution in [0.3, 0.4) is 0 Å². The minimum absolute atomic E-state index is 0.898. The molecule has 0 nitrogen and oxygen atoms in total. The van der Waals surface area contributed by atoms with Crippen LogP contribution < -0.4 is 0 Å². The van der Waals surface area contributed by atoms with Crippen LogP contribution >= 0.6 is 0 Å². The van der Waals surface area contributed by atoms with Crippen molar-refractivity contribution in [2.24, 2.45) is 5.92 Å². The van der Waals surface area contributed by atoms with Crippen LogP contribution in [0.4, 0.5) is 0 Å². The van der Waals surface area contributed by atoms with Gasteiger partial charge in [0.25, 0.3) is 0 Å². The maximum Gasteiger partial charge on any atom is -0.0471 e. The fraction of sp³-hybridized carbons (Fsp3) is 1.00. The summed E-state index contributed by atoms with van der Waals surface area (Å²) in [5.74, 6) is 0.898. The largest absolute Gasteiger partial charge is 0.0654 e. The SMILES string of the molecule is CCCC(C)C.CCCCCC.CCCCCCC. The monoisotopic (exact) mass is 272 g/mol. The van der Waals surface area contributed by atoms with Crippen LogP contribution in [-0.4, -0.2) is 0 Å². The summed E-state index contributed by atoms with van der Waals surface area (Å²) in [6.07, 6.45) is 15.3. The van der Waals surface area contributed by atoms with Crippen molar-refractivity contribution in [2.75, 3.05) is 0 Å². The first kappa shape index (κ1) is 24.0. The average Bonchev–Trinajstić information content (AvgIpc) is 2.38. The third-order valence-corrected chi connectivity index (χ3v) is 3.03. The Bertz CT molecular complexity index is 96.6. The normalized spacial score (nSPS) is 9.47. The van der Waals surface area contributed by atoms with E-state index in [-0.39, 0.29) is 0 Å². The van der Waals surface area contributed by atoms with Gasteiger partial charge in [0.05, 0.1) is 0 Å². The van der Waals surface area contributed by atoms with E-state index in [4.69, 9.17) is 0 Å². The topological polar surface area (TPSA) is 0 Å². The predicted molar refractivity (Wildman–Crippen MR) is 94.0 cm³/mol. The highest BCUT2D eigenvalue weighted by Crippen LogP contribution is 2.00. The molecule has 0 atom stereocenters. The molecule has 0 spiro atoms. The first-order valence-electron chi connectivity index (χ1n) is 9.10. The Morgan fingerprint density at radius 3 is 0.947 bits per heavy atom. The predicted octanol–water partition coefficient (Wildman–Crippen LogP) is 8.01. The van der Waals surface area contributed by atoms with Gasteiger partial charge >= 0.3 is 0 Å². The van der Waals surface area contributed by atoms with Crippen molar-refractivity contribution in [1.29, 1.82) is 0 Å². The molecule has 0 aromatic carbocycles. The Kier molecular flexibility index (Phi) is 33.6. The van der Waals surface area contributed by atoms with Gasteiger partial charge < -0.3 is 0 Å². The third-order valence-electron chi connectivity index (χ3n) is 3.03. The molecular formula is C19H44. The molecule has 0 aliphatic rings.